The number of likely N-dealkylation sites (N-methyl/N-ethyl adjacent to an activating group) is 3. The second-order valence-electron chi connectivity index (χ2n) is 7.20. The largest absolute Gasteiger partial charge is 0.354 e. The van der Waals surface area contributed by atoms with Crippen molar-refractivity contribution < 1.29 is 9.59 Å². The van der Waals surface area contributed by atoms with Gasteiger partial charge in [0.25, 0.3) is 11.8 Å². The molecule has 2 amide bonds. The number of nitrogens with zero attached hydrogens (tertiary/aromatic N) is 4. The zero-order valence-electron chi connectivity index (χ0n) is 15.8. The molecule has 0 aromatic carbocycles. The quantitative estimate of drug-likeness (QED) is 0.758. The molecule has 0 aliphatic carbocycles. The zero-order valence-corrected chi connectivity index (χ0v) is 15.8. The van der Waals surface area contributed by atoms with Gasteiger partial charge < -0.3 is 15.1 Å². The Bertz CT molecular complexity index is 650. The number of carbonyl (C=O) groups is 2. The topological polar surface area (TPSA) is 68.2 Å². The SMILES string of the molecule is CNC(=O)C1=NN(C)C(=O)/C1=C/C=C1N(C)C(C)(C)C(C)(C)N1C. The predicted octanol–water partition coefficient (Wildman–Crippen LogP) is 0.763. The van der Waals surface area contributed by atoms with Crippen LogP contribution in [0.1, 0.15) is 27.7 Å². The van der Waals surface area contributed by atoms with Crippen LogP contribution in [0.2, 0.25) is 0 Å². The zero-order chi connectivity index (χ0) is 18.4. The lowest BCUT2D eigenvalue weighted by Gasteiger charge is -2.40. The van der Waals surface area contributed by atoms with Crippen LogP contribution in [0.4, 0.5) is 0 Å². The van der Waals surface area contributed by atoms with E-state index in [1.165, 1.54) is 12.1 Å². The molecule has 2 heterocycles. The van der Waals surface area contributed by atoms with Gasteiger partial charge in [-0.2, -0.15) is 5.10 Å². The Morgan fingerprint density at radius 2 is 1.54 bits per heavy atom. The molecule has 2 aliphatic rings. The maximum atomic E-state index is 12.3. The summed E-state index contributed by atoms with van der Waals surface area (Å²) in [6, 6.07) is 0. The number of rotatable bonds is 2. The molecule has 1 N–H and O–H groups in total. The Balaban J connectivity index is 2.45. The van der Waals surface area contributed by atoms with Crippen LogP contribution in [0.3, 0.4) is 0 Å². The molecule has 0 aromatic heterocycles. The molecule has 2 rings (SSSR count). The summed E-state index contributed by atoms with van der Waals surface area (Å²) in [5, 5.41) is 7.73. The first-order chi connectivity index (χ1) is 11.0. The van der Waals surface area contributed by atoms with Crippen LogP contribution in [0, 0.1) is 0 Å². The van der Waals surface area contributed by atoms with Crippen LogP contribution < -0.4 is 5.32 Å². The number of hydrazone groups is 1. The molecule has 1 saturated heterocycles. The average Bonchev–Trinajstić information content (AvgIpc) is 2.86. The maximum absolute atomic E-state index is 12.3. The minimum atomic E-state index is -0.369. The normalized spacial score (nSPS) is 23.9. The fraction of sp³-hybridized carbons (Fsp3) is 0.588. The summed E-state index contributed by atoms with van der Waals surface area (Å²) in [6.07, 6.45) is 3.56. The van der Waals surface area contributed by atoms with E-state index < -0.39 is 0 Å². The van der Waals surface area contributed by atoms with Crippen molar-refractivity contribution in [3.63, 3.8) is 0 Å². The van der Waals surface area contributed by atoms with E-state index in [0.717, 1.165) is 5.82 Å². The van der Waals surface area contributed by atoms with Gasteiger partial charge in [0.1, 0.15) is 5.82 Å². The molecule has 0 aromatic rings. The van der Waals surface area contributed by atoms with Gasteiger partial charge >= 0.3 is 0 Å². The average molecular weight is 333 g/mol. The molecule has 7 heteroatoms. The lowest BCUT2D eigenvalue weighted by atomic mass is 9.83. The molecule has 2 aliphatic heterocycles. The third-order valence-corrected chi connectivity index (χ3v) is 5.73. The van der Waals surface area contributed by atoms with Gasteiger partial charge in [-0.15, -0.1) is 0 Å². The van der Waals surface area contributed by atoms with Gasteiger partial charge in [0, 0.05) is 28.2 Å². The van der Waals surface area contributed by atoms with Crippen LogP contribution in [0.25, 0.3) is 0 Å². The van der Waals surface area contributed by atoms with E-state index in [4.69, 9.17) is 0 Å². The molecule has 0 unspecified atom stereocenters. The van der Waals surface area contributed by atoms with Crippen molar-refractivity contribution in [2.75, 3.05) is 28.2 Å². The molecular weight excluding hydrogens is 306 g/mol. The Morgan fingerprint density at radius 1 is 1.04 bits per heavy atom. The molecule has 0 radical (unpaired) electrons. The van der Waals surface area contributed by atoms with Crippen molar-refractivity contribution >= 4 is 17.5 Å². The highest BCUT2D eigenvalue weighted by molar-refractivity contribution is 6.52. The van der Waals surface area contributed by atoms with Crippen molar-refractivity contribution in [3.8, 4) is 0 Å². The van der Waals surface area contributed by atoms with E-state index in [1.807, 2.05) is 20.2 Å². The van der Waals surface area contributed by atoms with Crippen molar-refractivity contribution in [3.05, 3.63) is 23.5 Å². The predicted molar refractivity (Wildman–Crippen MR) is 94.1 cm³/mol. The fourth-order valence-corrected chi connectivity index (χ4v) is 2.96. The highest BCUT2D eigenvalue weighted by atomic mass is 16.2. The van der Waals surface area contributed by atoms with Crippen LogP contribution in [0.5, 0.6) is 0 Å². The molecule has 0 saturated carbocycles. The molecular formula is C17H27N5O2. The van der Waals surface area contributed by atoms with Gasteiger partial charge in [0.15, 0.2) is 5.71 Å². The lowest BCUT2D eigenvalue weighted by Crippen LogP contribution is -2.52. The van der Waals surface area contributed by atoms with Gasteiger partial charge in [-0.1, -0.05) is 0 Å². The molecule has 24 heavy (non-hydrogen) atoms. The lowest BCUT2D eigenvalue weighted by molar-refractivity contribution is -0.124. The summed E-state index contributed by atoms with van der Waals surface area (Å²) >= 11 is 0. The van der Waals surface area contributed by atoms with Gasteiger partial charge in [-0.05, 0) is 39.8 Å². The van der Waals surface area contributed by atoms with Crippen molar-refractivity contribution in [1.82, 2.24) is 20.1 Å². The number of allylic oxidation sites excluding steroid dienone is 2. The molecule has 0 atom stereocenters. The number of hydrogen-bond donors (Lipinski definition) is 1. The molecule has 7 nitrogen and oxygen atoms in total. The Hall–Kier alpha value is -2.31. The van der Waals surface area contributed by atoms with E-state index in [9.17, 15) is 9.59 Å². The third-order valence-electron chi connectivity index (χ3n) is 5.73. The van der Waals surface area contributed by atoms with Gasteiger partial charge in [0.05, 0.1) is 16.7 Å². The Kier molecular flexibility index (Phi) is 4.24. The van der Waals surface area contributed by atoms with Crippen LogP contribution >= 0.6 is 0 Å². The maximum Gasteiger partial charge on any atom is 0.276 e. The minimum Gasteiger partial charge on any atom is -0.354 e. The van der Waals surface area contributed by atoms with Crippen molar-refractivity contribution in [2.24, 2.45) is 5.10 Å². The third kappa shape index (κ3) is 2.39. The second kappa shape index (κ2) is 5.65. The number of carbonyl (C=O) groups excluding carboxylic acids is 2. The minimum absolute atomic E-state index is 0.0831. The monoisotopic (exact) mass is 333 g/mol. The Morgan fingerprint density at radius 3 is 2.00 bits per heavy atom. The van der Waals surface area contributed by atoms with Crippen LogP contribution in [-0.2, 0) is 9.59 Å². The second-order valence-corrected chi connectivity index (χ2v) is 7.20. The van der Waals surface area contributed by atoms with Gasteiger partial charge in [-0.3, -0.25) is 9.59 Å². The van der Waals surface area contributed by atoms with E-state index in [-0.39, 0.29) is 28.6 Å². The summed E-state index contributed by atoms with van der Waals surface area (Å²) in [4.78, 5) is 28.6. The Labute approximate surface area is 143 Å². The highest BCUT2D eigenvalue weighted by Crippen LogP contribution is 2.43. The summed E-state index contributed by atoms with van der Waals surface area (Å²) in [6.45, 7) is 8.74. The van der Waals surface area contributed by atoms with Gasteiger partial charge in [0.2, 0.25) is 0 Å². The van der Waals surface area contributed by atoms with E-state index in [0.29, 0.717) is 5.57 Å². The number of amides is 2. The molecule has 0 spiro atoms. The summed E-state index contributed by atoms with van der Waals surface area (Å²) < 4.78 is 0. The summed E-state index contributed by atoms with van der Waals surface area (Å²) in [5.41, 5.74) is 0.276. The summed E-state index contributed by atoms with van der Waals surface area (Å²) in [7, 11) is 7.13. The first kappa shape index (κ1) is 18.0. The van der Waals surface area contributed by atoms with Crippen molar-refractivity contribution in [2.45, 2.75) is 38.8 Å². The van der Waals surface area contributed by atoms with E-state index in [1.54, 1.807) is 13.1 Å². The molecule has 132 valence electrons. The fourth-order valence-electron chi connectivity index (χ4n) is 2.96. The number of hydrogen-bond acceptors (Lipinski definition) is 5. The van der Waals surface area contributed by atoms with E-state index in [2.05, 4.69) is 47.9 Å². The van der Waals surface area contributed by atoms with E-state index >= 15 is 0 Å². The molecule has 1 fully saturated rings. The first-order valence-electron chi connectivity index (χ1n) is 7.95. The highest BCUT2D eigenvalue weighted by Gasteiger charge is 2.51. The van der Waals surface area contributed by atoms with Gasteiger partial charge in [-0.25, -0.2) is 5.01 Å². The van der Waals surface area contributed by atoms with Crippen molar-refractivity contribution in [1.29, 1.82) is 0 Å². The number of nitrogens with one attached hydrogen (secondary N) is 1. The first-order valence-corrected chi connectivity index (χ1v) is 7.95. The standard InChI is InChI=1S/C17H27N5O2/c1-16(2)17(3,4)21(7)12(20(16)6)10-9-11-13(14(23)18-5)19-22(8)15(11)24/h9-10H,1-8H3,(H,18,23)/b11-9+. The summed E-state index contributed by atoms with van der Waals surface area (Å²) in [5.74, 6) is 0.328. The van der Waals surface area contributed by atoms with Crippen LogP contribution in [0.15, 0.2) is 28.6 Å². The smallest absolute Gasteiger partial charge is 0.276 e. The van der Waals surface area contributed by atoms with Crippen LogP contribution in [-0.4, -0.2) is 71.6 Å². The molecule has 0 bridgehead atoms.